The fourth-order valence-electron chi connectivity index (χ4n) is 5.84. The van der Waals surface area contributed by atoms with Crippen molar-refractivity contribution in [2.24, 2.45) is 16.7 Å². The molecule has 0 N–H and O–H groups in total. The Bertz CT molecular complexity index is 865. The lowest BCUT2D eigenvalue weighted by atomic mass is 9.60. The van der Waals surface area contributed by atoms with Crippen LogP contribution in [0.25, 0.3) is 0 Å². The fourth-order valence-corrected chi connectivity index (χ4v) is 7.25. The Morgan fingerprint density at radius 2 is 1.86 bits per heavy atom. The van der Waals surface area contributed by atoms with Gasteiger partial charge in [-0.3, -0.25) is 9.78 Å². The number of sulfonamides is 1. The zero-order chi connectivity index (χ0) is 20.9. The summed E-state index contributed by atoms with van der Waals surface area (Å²) in [7, 11) is -1.64. The molecule has 4 heterocycles. The van der Waals surface area contributed by atoms with E-state index in [1.54, 1.807) is 22.6 Å². The van der Waals surface area contributed by atoms with Gasteiger partial charge in [-0.05, 0) is 37.3 Å². The van der Waals surface area contributed by atoms with Gasteiger partial charge in [-0.1, -0.05) is 13.8 Å². The van der Waals surface area contributed by atoms with Crippen molar-refractivity contribution in [3.8, 4) is 0 Å². The van der Waals surface area contributed by atoms with Crippen molar-refractivity contribution < 1.29 is 13.2 Å². The van der Waals surface area contributed by atoms with E-state index in [-0.39, 0.29) is 21.6 Å². The number of carbonyl (C=O) groups is 1. The second kappa shape index (κ2) is 7.32. The third-order valence-corrected chi connectivity index (χ3v) is 9.12. The van der Waals surface area contributed by atoms with E-state index in [4.69, 9.17) is 0 Å². The van der Waals surface area contributed by atoms with Gasteiger partial charge in [-0.15, -0.1) is 0 Å². The van der Waals surface area contributed by atoms with Crippen LogP contribution in [-0.2, 0) is 14.8 Å². The molecule has 1 aromatic heterocycles. The van der Waals surface area contributed by atoms with E-state index in [0.717, 1.165) is 45.4 Å². The van der Waals surface area contributed by atoms with Gasteiger partial charge in [0.15, 0.2) is 0 Å². The molecule has 29 heavy (non-hydrogen) atoms. The molecule has 3 aliphatic heterocycles. The molecule has 0 bridgehead atoms. The summed E-state index contributed by atoms with van der Waals surface area (Å²) in [4.78, 5) is 21.8. The average molecular weight is 421 g/mol. The molecule has 7 nitrogen and oxygen atoms in total. The molecule has 3 aliphatic rings. The molecule has 8 heteroatoms. The fraction of sp³-hybridized carbons (Fsp3) is 0.714. The molecule has 1 aromatic rings. The molecule has 3 fully saturated rings. The van der Waals surface area contributed by atoms with Gasteiger partial charge in [-0.2, -0.15) is 4.31 Å². The molecule has 3 saturated heterocycles. The Morgan fingerprint density at radius 1 is 1.14 bits per heavy atom. The maximum Gasteiger partial charge on any atom is 0.244 e. The SMILES string of the molecule is CC(C)CN1CC2(CCN(S(=O)(=O)c3cccnc3)CC2)C2(CCN(C)C2=O)C1. The largest absolute Gasteiger partial charge is 0.345 e. The van der Waals surface area contributed by atoms with Crippen LogP contribution in [0.2, 0.25) is 0 Å². The molecule has 160 valence electrons. The molecule has 0 aromatic carbocycles. The first-order chi connectivity index (χ1) is 13.7. The Morgan fingerprint density at radius 3 is 2.41 bits per heavy atom. The van der Waals surface area contributed by atoms with Gasteiger partial charge in [0.05, 0.1) is 5.41 Å². The molecule has 0 saturated carbocycles. The highest BCUT2D eigenvalue weighted by Crippen LogP contribution is 2.58. The van der Waals surface area contributed by atoms with E-state index in [1.165, 1.54) is 6.20 Å². The van der Waals surface area contributed by atoms with Crippen molar-refractivity contribution in [1.82, 2.24) is 19.1 Å². The van der Waals surface area contributed by atoms with E-state index >= 15 is 0 Å². The van der Waals surface area contributed by atoms with Crippen LogP contribution < -0.4 is 0 Å². The summed E-state index contributed by atoms with van der Waals surface area (Å²) in [6, 6.07) is 3.25. The highest BCUT2D eigenvalue weighted by molar-refractivity contribution is 7.89. The molecule has 4 rings (SSSR count). The monoisotopic (exact) mass is 420 g/mol. The first kappa shape index (κ1) is 20.8. The third kappa shape index (κ3) is 3.29. The number of amides is 1. The highest BCUT2D eigenvalue weighted by atomic mass is 32.2. The lowest BCUT2D eigenvalue weighted by Gasteiger charge is -2.46. The van der Waals surface area contributed by atoms with Crippen molar-refractivity contribution in [3.63, 3.8) is 0 Å². The number of piperidine rings is 1. The predicted molar refractivity (Wildman–Crippen MR) is 111 cm³/mol. The minimum absolute atomic E-state index is 0.134. The molecule has 1 unspecified atom stereocenters. The summed E-state index contributed by atoms with van der Waals surface area (Å²) in [5.74, 6) is 0.801. The van der Waals surface area contributed by atoms with Crippen LogP contribution in [0, 0.1) is 16.7 Å². The Labute approximate surface area is 174 Å². The number of hydrogen-bond donors (Lipinski definition) is 0. The Kier molecular flexibility index (Phi) is 5.24. The number of pyridine rings is 1. The average Bonchev–Trinajstić information content (AvgIpc) is 3.14. The maximum absolute atomic E-state index is 13.3. The van der Waals surface area contributed by atoms with Gasteiger partial charge >= 0.3 is 0 Å². The van der Waals surface area contributed by atoms with E-state index < -0.39 is 10.0 Å². The Hall–Kier alpha value is -1.51. The second-order valence-electron chi connectivity index (χ2n) is 9.50. The number of nitrogens with zero attached hydrogens (tertiary/aromatic N) is 4. The van der Waals surface area contributed by atoms with Gasteiger partial charge in [0.1, 0.15) is 4.90 Å². The summed E-state index contributed by atoms with van der Waals surface area (Å²) in [5.41, 5.74) is -0.495. The van der Waals surface area contributed by atoms with Gasteiger partial charge in [0.25, 0.3) is 0 Å². The normalized spacial score (nSPS) is 28.3. The molecule has 1 atom stereocenters. The van der Waals surface area contributed by atoms with E-state index in [1.807, 2.05) is 11.9 Å². The van der Waals surface area contributed by atoms with Crippen molar-refractivity contribution in [1.29, 1.82) is 0 Å². The van der Waals surface area contributed by atoms with Crippen molar-refractivity contribution in [3.05, 3.63) is 24.5 Å². The molecule has 0 aliphatic carbocycles. The molecular weight excluding hydrogens is 388 g/mol. The lowest BCUT2D eigenvalue weighted by molar-refractivity contribution is -0.140. The first-order valence-corrected chi connectivity index (χ1v) is 12.0. The summed E-state index contributed by atoms with van der Waals surface area (Å²) in [5, 5.41) is 0. The Balaban J connectivity index is 1.59. The van der Waals surface area contributed by atoms with Gasteiger partial charge in [0.2, 0.25) is 15.9 Å². The topological polar surface area (TPSA) is 73.8 Å². The minimum Gasteiger partial charge on any atom is -0.345 e. The van der Waals surface area contributed by atoms with Crippen LogP contribution in [0.4, 0.5) is 0 Å². The summed E-state index contributed by atoms with van der Waals surface area (Å²) >= 11 is 0. The standard InChI is InChI=1S/C21H32N4O3S/c1-17(2)14-24-15-20(21(16-24)8-10-23(3)19(21)26)6-11-25(12-7-20)29(27,28)18-5-4-9-22-13-18/h4-5,9,13,17H,6-8,10-12,14-16H2,1-3H3. The number of rotatable bonds is 4. The van der Waals surface area contributed by atoms with E-state index in [0.29, 0.717) is 19.0 Å². The van der Waals surface area contributed by atoms with Crippen LogP contribution in [0.1, 0.15) is 33.1 Å². The zero-order valence-corrected chi connectivity index (χ0v) is 18.5. The lowest BCUT2D eigenvalue weighted by Crippen LogP contribution is -2.53. The number of carbonyl (C=O) groups excluding carboxylic acids is 1. The van der Waals surface area contributed by atoms with Crippen LogP contribution in [0.3, 0.4) is 0 Å². The van der Waals surface area contributed by atoms with Crippen molar-refractivity contribution in [2.75, 3.05) is 46.3 Å². The smallest absolute Gasteiger partial charge is 0.244 e. The van der Waals surface area contributed by atoms with Gasteiger partial charge in [-0.25, -0.2) is 8.42 Å². The molecule has 1 amide bonds. The van der Waals surface area contributed by atoms with Gasteiger partial charge < -0.3 is 9.80 Å². The summed E-state index contributed by atoms with van der Waals surface area (Å²) in [6.45, 7) is 8.84. The van der Waals surface area contributed by atoms with Crippen LogP contribution in [-0.4, -0.2) is 79.7 Å². The van der Waals surface area contributed by atoms with Crippen molar-refractivity contribution in [2.45, 2.75) is 38.0 Å². The number of likely N-dealkylation sites (tertiary alicyclic amines) is 2. The van der Waals surface area contributed by atoms with Crippen LogP contribution in [0.5, 0.6) is 0 Å². The number of fused-ring (bicyclic) bond motifs is 1. The zero-order valence-electron chi connectivity index (χ0n) is 17.7. The number of hydrogen-bond acceptors (Lipinski definition) is 5. The van der Waals surface area contributed by atoms with E-state index in [2.05, 4.69) is 23.7 Å². The summed E-state index contributed by atoms with van der Waals surface area (Å²) < 4.78 is 27.6. The van der Waals surface area contributed by atoms with Crippen LogP contribution in [0.15, 0.2) is 29.4 Å². The molecule has 0 radical (unpaired) electrons. The van der Waals surface area contributed by atoms with E-state index in [9.17, 15) is 13.2 Å². The second-order valence-corrected chi connectivity index (χ2v) is 11.4. The maximum atomic E-state index is 13.3. The first-order valence-electron chi connectivity index (χ1n) is 10.6. The number of aromatic nitrogens is 1. The summed E-state index contributed by atoms with van der Waals surface area (Å²) in [6.07, 6.45) is 5.35. The van der Waals surface area contributed by atoms with Crippen molar-refractivity contribution >= 4 is 15.9 Å². The molecule has 2 spiro atoms. The van der Waals surface area contributed by atoms with Crippen LogP contribution >= 0.6 is 0 Å². The minimum atomic E-state index is -3.54. The van der Waals surface area contributed by atoms with Gasteiger partial charge in [0, 0.05) is 64.1 Å². The predicted octanol–water partition coefficient (Wildman–Crippen LogP) is 1.67. The quantitative estimate of drug-likeness (QED) is 0.741. The highest BCUT2D eigenvalue weighted by Gasteiger charge is 2.64. The third-order valence-electron chi connectivity index (χ3n) is 7.24. The molecular formula is C21H32N4O3S.